The molecule has 1 atom stereocenters. The molecule has 3 rings (SSSR count). The second-order valence-electron chi connectivity index (χ2n) is 8.20. The monoisotopic (exact) mass is 431 g/mol. The number of rotatable bonds is 8. The highest BCUT2D eigenvalue weighted by Crippen LogP contribution is 2.20. The molecule has 0 saturated carbocycles. The molecule has 1 aromatic carbocycles. The number of furan rings is 1. The Kier molecular flexibility index (Phi) is 7.68. The first-order chi connectivity index (χ1) is 14.9. The number of ether oxygens (including phenoxy) is 1. The lowest BCUT2D eigenvalue weighted by Gasteiger charge is -2.33. The zero-order chi connectivity index (χ0) is 22.4. The third kappa shape index (κ3) is 6.07. The molecular weight excluding hydrogens is 401 g/mol. The number of hydrogen-bond donors (Lipinski definition) is 2. The zero-order valence-electron chi connectivity index (χ0n) is 18.2. The van der Waals surface area contributed by atoms with Gasteiger partial charge in [-0.05, 0) is 48.6 Å². The van der Waals surface area contributed by atoms with Crippen LogP contribution in [0.2, 0.25) is 0 Å². The molecule has 1 saturated heterocycles. The molecule has 1 unspecified atom stereocenters. The number of carbonyl (C=O) groups excluding carboxylic acids is 2. The van der Waals surface area contributed by atoms with Crippen LogP contribution in [0.1, 0.15) is 42.8 Å². The number of methoxy groups -OCH3 is 1. The molecule has 1 aromatic heterocycles. The van der Waals surface area contributed by atoms with Crippen LogP contribution in [0, 0.1) is 11.7 Å². The van der Waals surface area contributed by atoms with Gasteiger partial charge < -0.3 is 19.8 Å². The van der Waals surface area contributed by atoms with Crippen LogP contribution in [0.4, 0.5) is 4.39 Å². The molecular formula is C23H30FN3O4. The van der Waals surface area contributed by atoms with Gasteiger partial charge in [0.15, 0.2) is 17.3 Å². The molecule has 1 aliphatic heterocycles. The van der Waals surface area contributed by atoms with Crippen LogP contribution < -0.4 is 15.4 Å². The van der Waals surface area contributed by atoms with E-state index in [1.54, 1.807) is 18.2 Å². The van der Waals surface area contributed by atoms with Crippen molar-refractivity contribution in [3.63, 3.8) is 0 Å². The minimum atomic E-state index is -0.641. The lowest BCUT2D eigenvalue weighted by molar-refractivity contribution is -0.125. The van der Waals surface area contributed by atoms with Crippen molar-refractivity contribution in [1.29, 1.82) is 0 Å². The first-order valence-electron chi connectivity index (χ1n) is 10.6. The molecule has 2 aromatic rings. The van der Waals surface area contributed by atoms with Gasteiger partial charge in [0.1, 0.15) is 6.04 Å². The Morgan fingerprint density at radius 3 is 2.58 bits per heavy atom. The summed E-state index contributed by atoms with van der Waals surface area (Å²) < 4.78 is 24.0. The Bertz CT molecular complexity index is 877. The average molecular weight is 432 g/mol. The van der Waals surface area contributed by atoms with E-state index < -0.39 is 11.9 Å². The van der Waals surface area contributed by atoms with Crippen molar-refractivity contribution in [3.05, 3.63) is 53.7 Å². The van der Waals surface area contributed by atoms with Gasteiger partial charge in [0.25, 0.3) is 5.91 Å². The van der Waals surface area contributed by atoms with Gasteiger partial charge in [-0.1, -0.05) is 19.9 Å². The van der Waals surface area contributed by atoms with Crippen molar-refractivity contribution in [2.24, 2.45) is 5.92 Å². The molecule has 0 aliphatic carbocycles. The van der Waals surface area contributed by atoms with Crippen molar-refractivity contribution in [2.75, 3.05) is 20.2 Å². The summed E-state index contributed by atoms with van der Waals surface area (Å²) in [6.45, 7) is 6.02. The normalized spacial score (nSPS) is 16.2. The summed E-state index contributed by atoms with van der Waals surface area (Å²) in [5.41, 5.74) is 0.890. The first-order valence-corrected chi connectivity index (χ1v) is 10.6. The largest absolute Gasteiger partial charge is 0.494 e. The standard InChI is InChI=1S/C23H30FN3O4/c1-15(2)21(26-22(28)20-5-4-12-31-20)23(29)25-17-8-10-27(11-9-17)14-16-6-7-19(30-3)18(24)13-16/h4-7,12-13,15,17,21H,8-11,14H2,1-3H3,(H,25,29)(H,26,28). The van der Waals surface area contributed by atoms with Crippen LogP contribution in [0.15, 0.2) is 41.0 Å². The number of nitrogens with one attached hydrogen (secondary N) is 2. The number of likely N-dealkylation sites (tertiary alicyclic amines) is 1. The highest BCUT2D eigenvalue weighted by atomic mass is 19.1. The van der Waals surface area contributed by atoms with Gasteiger partial charge in [-0.2, -0.15) is 0 Å². The molecule has 2 heterocycles. The SMILES string of the molecule is COc1ccc(CN2CCC(NC(=O)C(NC(=O)c3ccco3)C(C)C)CC2)cc1F. The van der Waals surface area contributed by atoms with Crippen molar-refractivity contribution < 1.29 is 23.1 Å². The fourth-order valence-electron chi connectivity index (χ4n) is 3.75. The molecule has 2 amide bonds. The number of amides is 2. The number of halogens is 1. The van der Waals surface area contributed by atoms with E-state index in [-0.39, 0.29) is 35.2 Å². The van der Waals surface area contributed by atoms with Crippen molar-refractivity contribution in [3.8, 4) is 5.75 Å². The van der Waals surface area contributed by atoms with Gasteiger partial charge in [-0.25, -0.2) is 4.39 Å². The summed E-state index contributed by atoms with van der Waals surface area (Å²) in [5.74, 6) is -0.598. The molecule has 0 bridgehead atoms. The number of hydrogen-bond acceptors (Lipinski definition) is 5. The Morgan fingerprint density at radius 2 is 2.00 bits per heavy atom. The highest BCUT2D eigenvalue weighted by Gasteiger charge is 2.28. The van der Waals surface area contributed by atoms with E-state index in [0.29, 0.717) is 6.54 Å². The average Bonchev–Trinajstić information content (AvgIpc) is 3.28. The quantitative estimate of drug-likeness (QED) is 0.671. The topological polar surface area (TPSA) is 83.8 Å². The Morgan fingerprint density at radius 1 is 1.26 bits per heavy atom. The molecule has 1 fully saturated rings. The summed E-state index contributed by atoms with van der Waals surface area (Å²) in [7, 11) is 1.45. The minimum Gasteiger partial charge on any atom is -0.494 e. The smallest absolute Gasteiger partial charge is 0.287 e. The van der Waals surface area contributed by atoms with Crippen LogP contribution in [0.5, 0.6) is 5.75 Å². The van der Waals surface area contributed by atoms with E-state index in [0.717, 1.165) is 31.5 Å². The van der Waals surface area contributed by atoms with Gasteiger partial charge in [0.05, 0.1) is 13.4 Å². The lowest BCUT2D eigenvalue weighted by Crippen LogP contribution is -2.53. The van der Waals surface area contributed by atoms with Crippen LogP contribution in [0.3, 0.4) is 0 Å². The fourth-order valence-corrected chi connectivity index (χ4v) is 3.75. The first kappa shape index (κ1) is 22.8. The second kappa shape index (κ2) is 10.4. The van der Waals surface area contributed by atoms with Crippen molar-refractivity contribution in [2.45, 2.75) is 45.3 Å². The summed E-state index contributed by atoms with van der Waals surface area (Å²) in [6, 6.07) is 7.60. The van der Waals surface area contributed by atoms with E-state index in [4.69, 9.17) is 9.15 Å². The third-order valence-electron chi connectivity index (χ3n) is 5.54. The predicted octanol–water partition coefficient (Wildman–Crippen LogP) is 2.96. The maximum absolute atomic E-state index is 13.9. The Hall–Kier alpha value is -2.87. The molecule has 2 N–H and O–H groups in total. The summed E-state index contributed by atoms with van der Waals surface area (Å²) in [5, 5.41) is 5.84. The molecule has 7 nitrogen and oxygen atoms in total. The minimum absolute atomic E-state index is 0.0399. The van der Waals surface area contributed by atoms with E-state index in [1.165, 1.54) is 19.4 Å². The summed E-state index contributed by atoms with van der Waals surface area (Å²) >= 11 is 0. The van der Waals surface area contributed by atoms with Gasteiger partial charge in [0.2, 0.25) is 5.91 Å². The molecule has 168 valence electrons. The van der Waals surface area contributed by atoms with Crippen LogP contribution >= 0.6 is 0 Å². The van der Waals surface area contributed by atoms with Gasteiger partial charge >= 0.3 is 0 Å². The Labute approximate surface area is 181 Å². The summed E-state index contributed by atoms with van der Waals surface area (Å²) in [6.07, 6.45) is 3.01. The van der Waals surface area contributed by atoms with Crippen molar-refractivity contribution >= 4 is 11.8 Å². The van der Waals surface area contributed by atoms with Crippen LogP contribution in [-0.4, -0.2) is 49.0 Å². The highest BCUT2D eigenvalue weighted by molar-refractivity contribution is 5.95. The van der Waals surface area contributed by atoms with Crippen molar-refractivity contribution in [1.82, 2.24) is 15.5 Å². The number of nitrogens with zero attached hydrogens (tertiary/aromatic N) is 1. The summed E-state index contributed by atoms with van der Waals surface area (Å²) in [4.78, 5) is 27.3. The van der Waals surface area contributed by atoms with E-state index in [2.05, 4.69) is 15.5 Å². The van der Waals surface area contributed by atoms with Crippen LogP contribution in [-0.2, 0) is 11.3 Å². The van der Waals surface area contributed by atoms with Gasteiger partial charge in [-0.15, -0.1) is 0 Å². The van der Waals surface area contributed by atoms with Gasteiger partial charge in [-0.3, -0.25) is 14.5 Å². The number of piperidine rings is 1. The fraction of sp³-hybridized carbons (Fsp3) is 0.478. The van der Waals surface area contributed by atoms with E-state index in [1.807, 2.05) is 19.9 Å². The lowest BCUT2D eigenvalue weighted by atomic mass is 10.00. The number of carbonyl (C=O) groups is 2. The van der Waals surface area contributed by atoms with E-state index >= 15 is 0 Å². The molecule has 0 radical (unpaired) electrons. The zero-order valence-corrected chi connectivity index (χ0v) is 18.2. The maximum Gasteiger partial charge on any atom is 0.287 e. The molecule has 31 heavy (non-hydrogen) atoms. The second-order valence-corrected chi connectivity index (χ2v) is 8.20. The molecule has 1 aliphatic rings. The number of benzene rings is 1. The van der Waals surface area contributed by atoms with Gasteiger partial charge in [0, 0.05) is 25.7 Å². The van der Waals surface area contributed by atoms with E-state index in [9.17, 15) is 14.0 Å². The molecule has 8 heteroatoms. The third-order valence-corrected chi connectivity index (χ3v) is 5.54. The Balaban J connectivity index is 1.49. The maximum atomic E-state index is 13.9. The van der Waals surface area contributed by atoms with Crippen LogP contribution in [0.25, 0.3) is 0 Å². The predicted molar refractivity (Wildman–Crippen MR) is 114 cm³/mol. The molecule has 0 spiro atoms.